The molecule has 0 spiro atoms. The highest BCUT2D eigenvalue weighted by molar-refractivity contribution is 6.19. The molecule has 470 valence electrons. The Morgan fingerprint density at radius 1 is 0.851 bits per heavy atom. The SMILES string of the molecule is C=CCOC[N+](=O)C(CCCCNC(=O)OC(C)(C)C)C(=O)Nc1ccc(COC(=O)Nc2cc(OCCCCCC(=O)N3CC(CCl)c4c3cc(OC(=O)N3CCN(C)CC3)c3ccccc43)c(OC)cc2C(=O)N2CCCC2COC(C)=O)cc1. The van der Waals surface area contributed by atoms with Gasteiger partial charge in [-0.3, -0.25) is 24.5 Å². The van der Waals surface area contributed by atoms with E-state index in [0.29, 0.717) is 104 Å². The van der Waals surface area contributed by atoms with Crippen LogP contribution in [0.5, 0.6) is 17.2 Å². The average molecular weight is 1230 g/mol. The molecule has 0 radical (unpaired) electrons. The lowest BCUT2D eigenvalue weighted by molar-refractivity contribution is -0.608. The van der Waals surface area contributed by atoms with Crippen LogP contribution < -0.4 is 35.1 Å². The molecule has 6 amide bonds. The molecule has 2 fully saturated rings. The van der Waals surface area contributed by atoms with Crippen LogP contribution in [-0.4, -0.2) is 172 Å². The first-order valence-corrected chi connectivity index (χ1v) is 30.1. The number of amides is 6. The summed E-state index contributed by atoms with van der Waals surface area (Å²) in [6, 6.07) is 17.4. The third kappa shape index (κ3) is 19.0. The molecule has 0 aliphatic carbocycles. The van der Waals surface area contributed by atoms with Gasteiger partial charge in [0.1, 0.15) is 24.6 Å². The number of carbonyl (C=O) groups is 7. The Bertz CT molecular complexity index is 3090. The number of hydrogen-bond donors (Lipinski definition) is 3. The minimum atomic E-state index is -1.12. The van der Waals surface area contributed by atoms with E-state index >= 15 is 0 Å². The molecule has 23 nitrogen and oxygen atoms in total. The van der Waals surface area contributed by atoms with Crippen molar-refractivity contribution in [3.05, 3.63) is 101 Å². The topological polar surface area (TPSA) is 253 Å². The zero-order chi connectivity index (χ0) is 62.6. The Morgan fingerprint density at radius 3 is 2.30 bits per heavy atom. The number of fused-ring (bicyclic) bond motifs is 3. The van der Waals surface area contributed by atoms with Gasteiger partial charge < -0.3 is 63.4 Å². The number of ether oxygens (including phenoxy) is 7. The van der Waals surface area contributed by atoms with Crippen molar-refractivity contribution in [1.29, 1.82) is 0 Å². The average Bonchev–Trinajstić information content (AvgIpc) is 1.95. The number of likely N-dealkylation sites (N-methyl/N-ethyl adjacent to an activating group) is 1. The fourth-order valence-electron chi connectivity index (χ4n) is 10.5. The van der Waals surface area contributed by atoms with Crippen LogP contribution >= 0.6 is 11.6 Å². The summed E-state index contributed by atoms with van der Waals surface area (Å²) in [5.74, 6) is -0.556. The van der Waals surface area contributed by atoms with Crippen molar-refractivity contribution >= 4 is 81.4 Å². The first kappa shape index (κ1) is 66.5. The second-order valence-electron chi connectivity index (χ2n) is 22.7. The van der Waals surface area contributed by atoms with E-state index in [2.05, 4.69) is 27.4 Å². The summed E-state index contributed by atoms with van der Waals surface area (Å²) in [5.41, 5.74) is 2.06. The number of hydrogen-bond acceptors (Lipinski definition) is 16. The standard InChI is InChI=1S/C63H81ClN8O15/c1-8-32-82-41-72(80)51(20-13-14-26-65-60(77)87-63(3,4)5)58(75)66-45-24-22-43(23-25-45)39-85-61(78)67-50-35-55(54(81-7)34-49(50)59(76)70-27-16-17-46(70)40-84-42(2)73)83-33-15-9-10-21-56(74)71-38-44(37-64)57-48-19-12-11-18-47(48)53(36-52(57)71)86-62(79)69-30-28-68(6)29-31-69/h8,11-12,18-19,22-25,34-36,44,46,51H,1,9-10,13-17,20-21,26-33,37-41H2,2-7H3,(H2-,65,66,67,75,76,77,78)/p+1. The highest BCUT2D eigenvalue weighted by Gasteiger charge is 2.37. The maximum absolute atomic E-state index is 14.4. The van der Waals surface area contributed by atoms with E-state index in [0.717, 1.165) is 29.4 Å². The molecule has 0 bridgehead atoms. The van der Waals surface area contributed by atoms with E-state index in [1.54, 1.807) is 65.8 Å². The fraction of sp³-hybridized carbons (Fsp3) is 0.508. The molecule has 3 heterocycles. The van der Waals surface area contributed by atoms with E-state index in [1.807, 2.05) is 31.3 Å². The zero-order valence-corrected chi connectivity index (χ0v) is 51.4. The molecule has 4 aromatic carbocycles. The van der Waals surface area contributed by atoms with Crippen molar-refractivity contribution in [3.8, 4) is 17.2 Å². The predicted octanol–water partition coefficient (Wildman–Crippen LogP) is 9.76. The fourth-order valence-corrected chi connectivity index (χ4v) is 10.8. The quantitative estimate of drug-likeness (QED) is 0.00910. The molecule has 7 rings (SSSR count). The maximum atomic E-state index is 14.4. The molecular formula is C63H82ClN8O15+. The molecule has 4 aromatic rings. The Kier molecular flexibility index (Phi) is 24.5. The van der Waals surface area contributed by atoms with Crippen molar-refractivity contribution < 1.29 is 71.5 Å². The second kappa shape index (κ2) is 32.1. The lowest BCUT2D eigenvalue weighted by atomic mass is 9.95. The molecule has 3 aliphatic heterocycles. The molecule has 3 unspecified atom stereocenters. The smallest absolute Gasteiger partial charge is 0.415 e. The highest BCUT2D eigenvalue weighted by atomic mass is 35.5. The number of benzene rings is 4. The van der Waals surface area contributed by atoms with Crippen LogP contribution in [0.15, 0.2) is 79.4 Å². The largest absolute Gasteiger partial charge is 0.493 e. The first-order chi connectivity index (χ1) is 41.8. The van der Waals surface area contributed by atoms with Gasteiger partial charge in [-0.2, -0.15) is 0 Å². The van der Waals surface area contributed by atoms with E-state index in [9.17, 15) is 38.5 Å². The van der Waals surface area contributed by atoms with E-state index in [1.165, 1.54) is 32.2 Å². The number of unbranched alkanes of at least 4 members (excludes halogenated alkanes) is 3. The molecular weight excluding hydrogens is 1140 g/mol. The van der Waals surface area contributed by atoms with Crippen LogP contribution in [0.25, 0.3) is 10.8 Å². The van der Waals surface area contributed by atoms with Gasteiger partial charge in [0.25, 0.3) is 24.6 Å². The molecule has 0 aromatic heterocycles. The number of alkyl carbamates (subject to hydrolysis) is 1. The number of nitrogens with one attached hydrogen (secondary N) is 3. The van der Waals surface area contributed by atoms with Gasteiger partial charge in [-0.1, -0.05) is 42.5 Å². The number of methoxy groups -OCH3 is 1. The van der Waals surface area contributed by atoms with E-state index < -0.39 is 53.7 Å². The molecule has 87 heavy (non-hydrogen) atoms. The van der Waals surface area contributed by atoms with Gasteiger partial charge in [0.2, 0.25) is 5.91 Å². The Hall–Kier alpha value is -8.02. The number of nitroso groups, excluding NO2 is 1. The summed E-state index contributed by atoms with van der Waals surface area (Å²) in [6.07, 6.45) is 3.87. The monoisotopic (exact) mass is 1230 g/mol. The number of piperazine rings is 1. The van der Waals surface area contributed by atoms with E-state index in [4.69, 9.17) is 44.8 Å². The number of alkyl halides is 1. The van der Waals surface area contributed by atoms with Crippen LogP contribution in [0, 0.1) is 4.91 Å². The third-order valence-electron chi connectivity index (χ3n) is 15.0. The second-order valence-corrected chi connectivity index (χ2v) is 23.0. The lowest BCUT2D eigenvalue weighted by Crippen LogP contribution is -2.48. The third-order valence-corrected chi connectivity index (χ3v) is 15.4. The van der Waals surface area contributed by atoms with Gasteiger partial charge >= 0.3 is 24.2 Å². The van der Waals surface area contributed by atoms with Crippen molar-refractivity contribution in [2.24, 2.45) is 0 Å². The molecule has 3 atom stereocenters. The van der Waals surface area contributed by atoms with Crippen LogP contribution in [0.4, 0.5) is 31.4 Å². The summed E-state index contributed by atoms with van der Waals surface area (Å²) in [7, 11) is 3.45. The molecule has 24 heteroatoms. The normalized spacial score (nSPS) is 16.1. The summed E-state index contributed by atoms with van der Waals surface area (Å²) in [5, 5.41) is 9.83. The van der Waals surface area contributed by atoms with Gasteiger partial charge in [0.05, 0.1) is 43.3 Å². The zero-order valence-electron chi connectivity index (χ0n) is 50.7. The van der Waals surface area contributed by atoms with Crippen LogP contribution in [0.3, 0.4) is 0 Å². The van der Waals surface area contributed by atoms with Crippen LogP contribution in [-0.2, 0) is 39.9 Å². The first-order valence-electron chi connectivity index (χ1n) is 29.6. The van der Waals surface area contributed by atoms with Crippen molar-refractivity contribution in [1.82, 2.24) is 20.0 Å². The molecule has 3 aliphatic rings. The summed E-state index contributed by atoms with van der Waals surface area (Å²) in [4.78, 5) is 113. The van der Waals surface area contributed by atoms with Gasteiger partial charge in [0, 0.05) is 110 Å². The lowest BCUT2D eigenvalue weighted by Gasteiger charge is -2.31. The minimum Gasteiger partial charge on any atom is -0.493 e. The van der Waals surface area contributed by atoms with Gasteiger partial charge in [-0.15, -0.1) is 18.2 Å². The van der Waals surface area contributed by atoms with Crippen molar-refractivity contribution in [2.75, 3.05) is 108 Å². The number of halogens is 1. The summed E-state index contributed by atoms with van der Waals surface area (Å²) < 4.78 is 40.1. The molecule has 2 saturated heterocycles. The number of nitrogens with zero attached hydrogens (tertiary/aromatic N) is 5. The van der Waals surface area contributed by atoms with Gasteiger partial charge in [-0.25, -0.2) is 14.4 Å². The van der Waals surface area contributed by atoms with Gasteiger partial charge in [0.15, 0.2) is 11.5 Å². The summed E-state index contributed by atoms with van der Waals surface area (Å²) >= 11 is 6.55. The van der Waals surface area contributed by atoms with Crippen LogP contribution in [0.1, 0.15) is 113 Å². The number of rotatable bonds is 28. The summed E-state index contributed by atoms with van der Waals surface area (Å²) in [6.45, 7) is 13.6. The van der Waals surface area contributed by atoms with Crippen molar-refractivity contribution in [3.63, 3.8) is 0 Å². The maximum Gasteiger partial charge on any atom is 0.415 e. The Balaban J connectivity index is 0.967. The molecule has 3 N–H and O–H groups in total. The number of likely N-dealkylation sites (tertiary alicyclic amines) is 1. The Morgan fingerprint density at radius 2 is 1.60 bits per heavy atom. The van der Waals surface area contributed by atoms with Crippen LogP contribution in [0.2, 0.25) is 0 Å². The predicted molar refractivity (Wildman–Crippen MR) is 328 cm³/mol. The molecule has 0 saturated carbocycles. The number of esters is 1. The number of anilines is 3. The number of carbonyl (C=O) groups excluding carboxylic acids is 7. The van der Waals surface area contributed by atoms with E-state index in [-0.39, 0.29) is 87.1 Å². The van der Waals surface area contributed by atoms with Gasteiger partial charge in [-0.05, 0) is 107 Å². The Labute approximate surface area is 512 Å². The highest BCUT2D eigenvalue weighted by Crippen LogP contribution is 2.46. The minimum absolute atomic E-state index is 0.00352. The van der Waals surface area contributed by atoms with Crippen molar-refractivity contribution in [2.45, 2.75) is 116 Å².